The number of ether oxygens (including phenoxy) is 1. The molecule has 2 aromatic carbocycles. The Hall–Kier alpha value is -3.14. The van der Waals surface area contributed by atoms with Crippen LogP contribution in [0.4, 0.5) is 0 Å². The van der Waals surface area contributed by atoms with Crippen molar-refractivity contribution in [2.75, 3.05) is 6.61 Å². The van der Waals surface area contributed by atoms with E-state index in [1.54, 1.807) is 6.92 Å². The molecule has 27 heavy (non-hydrogen) atoms. The van der Waals surface area contributed by atoms with Gasteiger partial charge in [0, 0.05) is 17.6 Å². The van der Waals surface area contributed by atoms with E-state index in [2.05, 4.69) is 13.2 Å². The topological polar surface area (TPSA) is 63.6 Å². The van der Waals surface area contributed by atoms with Gasteiger partial charge in [-0.15, -0.1) is 0 Å². The number of carboxylic acid groups (broad SMARTS) is 1. The molecule has 2 rings (SSSR count). The summed E-state index contributed by atoms with van der Waals surface area (Å²) in [5.74, 6) is -1.23. The summed E-state index contributed by atoms with van der Waals surface area (Å²) in [6.45, 7) is 9.03. The van der Waals surface area contributed by atoms with Crippen molar-refractivity contribution >= 4 is 11.9 Å². The van der Waals surface area contributed by atoms with Crippen LogP contribution in [0.25, 0.3) is 0 Å². The van der Waals surface area contributed by atoms with Crippen LogP contribution < -0.4 is 0 Å². The van der Waals surface area contributed by atoms with Crippen molar-refractivity contribution in [3.63, 3.8) is 0 Å². The van der Waals surface area contributed by atoms with Gasteiger partial charge >= 0.3 is 11.9 Å². The van der Waals surface area contributed by atoms with Gasteiger partial charge in [0.2, 0.25) is 0 Å². The summed E-state index contributed by atoms with van der Waals surface area (Å²) in [6, 6.07) is 19.7. The molecule has 0 saturated heterocycles. The first-order valence-electron chi connectivity index (χ1n) is 8.71. The molecule has 0 fully saturated rings. The van der Waals surface area contributed by atoms with Gasteiger partial charge in [-0.05, 0) is 30.9 Å². The first-order chi connectivity index (χ1) is 12.9. The number of carbonyl (C=O) groups is 2. The number of aryl methyl sites for hydroxylation is 1. The van der Waals surface area contributed by atoms with E-state index >= 15 is 0 Å². The molecule has 142 valence electrons. The molecule has 0 saturated carbocycles. The molecule has 0 radical (unpaired) electrons. The van der Waals surface area contributed by atoms with Gasteiger partial charge in [-0.2, -0.15) is 0 Å². The molecule has 4 nitrogen and oxygen atoms in total. The first-order valence-corrected chi connectivity index (χ1v) is 8.71. The fourth-order valence-corrected chi connectivity index (χ4v) is 2.08. The lowest BCUT2D eigenvalue weighted by Crippen LogP contribution is -2.07. The predicted octanol–water partition coefficient (Wildman–Crippen LogP) is 4.61. The third kappa shape index (κ3) is 9.80. The number of carbonyl (C=O) groups excluding carboxylic acids is 1. The van der Waals surface area contributed by atoms with Crippen LogP contribution in [0, 0.1) is 0 Å². The molecule has 0 atom stereocenters. The van der Waals surface area contributed by atoms with Crippen molar-refractivity contribution in [2.24, 2.45) is 0 Å². The number of benzene rings is 2. The second-order valence-electron chi connectivity index (χ2n) is 6.05. The van der Waals surface area contributed by atoms with Crippen molar-refractivity contribution in [1.82, 2.24) is 0 Å². The smallest absolute Gasteiger partial charge is 0.333 e. The summed E-state index contributed by atoms with van der Waals surface area (Å²) in [4.78, 5) is 21.4. The molecule has 0 aliphatic carbocycles. The third-order valence-corrected chi connectivity index (χ3v) is 3.68. The molecule has 2 aromatic rings. The third-order valence-electron chi connectivity index (χ3n) is 3.68. The second-order valence-corrected chi connectivity index (χ2v) is 6.05. The Morgan fingerprint density at radius 1 is 0.889 bits per heavy atom. The summed E-state index contributed by atoms with van der Waals surface area (Å²) in [5, 5.41) is 8.56. The van der Waals surface area contributed by atoms with Gasteiger partial charge in [0.1, 0.15) is 0 Å². The molecule has 0 spiro atoms. The van der Waals surface area contributed by atoms with Crippen LogP contribution in [0.15, 0.2) is 85.0 Å². The Bertz CT molecular complexity index is 748. The predicted molar refractivity (Wildman–Crippen MR) is 107 cm³/mol. The first kappa shape index (κ1) is 21.9. The largest absolute Gasteiger partial charge is 0.478 e. The van der Waals surface area contributed by atoms with Crippen LogP contribution >= 0.6 is 0 Å². The molecule has 0 aliphatic rings. The molecule has 0 heterocycles. The highest BCUT2D eigenvalue weighted by Gasteiger charge is 2.03. The van der Waals surface area contributed by atoms with Crippen LogP contribution in [0.3, 0.4) is 0 Å². The summed E-state index contributed by atoms with van der Waals surface area (Å²) in [5.41, 5.74) is 3.02. The van der Waals surface area contributed by atoms with Crippen LogP contribution in [0.2, 0.25) is 0 Å². The number of rotatable bonds is 8. The van der Waals surface area contributed by atoms with Crippen LogP contribution in [-0.4, -0.2) is 23.7 Å². The van der Waals surface area contributed by atoms with Crippen LogP contribution in [0.1, 0.15) is 24.5 Å². The summed E-state index contributed by atoms with van der Waals surface area (Å²) in [6.07, 6.45) is 2.01. The Morgan fingerprint density at radius 3 is 1.81 bits per heavy atom. The summed E-state index contributed by atoms with van der Waals surface area (Å²) in [7, 11) is 0. The SMILES string of the molecule is C=C(C)C(=O)OCCc1ccccc1.C=C(CCc1ccccc1)C(=O)O. The average molecular weight is 366 g/mol. The van der Waals surface area contributed by atoms with Gasteiger partial charge in [0.25, 0.3) is 0 Å². The van der Waals surface area contributed by atoms with Gasteiger partial charge in [0.15, 0.2) is 0 Å². The molecule has 0 bridgehead atoms. The molecule has 0 aromatic heterocycles. The minimum absolute atomic E-state index is 0.267. The lowest BCUT2D eigenvalue weighted by Gasteiger charge is -2.03. The normalized spacial score (nSPS) is 9.52. The maximum atomic E-state index is 11.0. The molecular formula is C23H26O4. The number of hydrogen-bond donors (Lipinski definition) is 1. The van der Waals surface area contributed by atoms with Gasteiger partial charge in [0.05, 0.1) is 6.61 Å². The number of hydrogen-bond acceptors (Lipinski definition) is 3. The van der Waals surface area contributed by atoms with Gasteiger partial charge in [-0.25, -0.2) is 9.59 Å². The minimum atomic E-state index is -0.907. The van der Waals surface area contributed by atoms with E-state index < -0.39 is 5.97 Å². The van der Waals surface area contributed by atoms with E-state index in [0.717, 1.165) is 18.4 Å². The molecule has 1 N–H and O–H groups in total. The zero-order valence-electron chi connectivity index (χ0n) is 15.7. The van der Waals surface area contributed by atoms with E-state index in [-0.39, 0.29) is 11.5 Å². The van der Waals surface area contributed by atoms with Crippen LogP contribution in [-0.2, 0) is 27.2 Å². The highest BCUT2D eigenvalue weighted by atomic mass is 16.5. The molecule has 0 unspecified atom stereocenters. The summed E-state index contributed by atoms with van der Waals surface area (Å²) < 4.78 is 4.97. The monoisotopic (exact) mass is 366 g/mol. The Kier molecular flexibility index (Phi) is 9.94. The van der Waals surface area contributed by atoms with Crippen molar-refractivity contribution in [3.8, 4) is 0 Å². The highest BCUT2D eigenvalue weighted by molar-refractivity contribution is 5.87. The van der Waals surface area contributed by atoms with E-state index in [1.165, 1.54) is 5.56 Å². The maximum absolute atomic E-state index is 11.0. The van der Waals surface area contributed by atoms with Crippen molar-refractivity contribution in [2.45, 2.75) is 26.2 Å². The number of esters is 1. The van der Waals surface area contributed by atoms with E-state index in [9.17, 15) is 9.59 Å². The molecular weight excluding hydrogens is 340 g/mol. The quantitative estimate of drug-likeness (QED) is 0.547. The molecule has 4 heteroatoms. The Balaban J connectivity index is 0.000000271. The second kappa shape index (κ2) is 12.3. The lowest BCUT2D eigenvalue weighted by molar-refractivity contribution is -0.138. The zero-order valence-corrected chi connectivity index (χ0v) is 15.7. The standard InChI is InChI=1S/C12H14O2.C11H12O2/c1-10(2)12(13)14-9-8-11-6-4-3-5-7-11;1-9(11(12)13)7-8-10-5-3-2-4-6-10/h3-7H,1,8-9H2,2H3;2-6H,1,7-8H2,(H,12,13). The average Bonchev–Trinajstić information content (AvgIpc) is 2.68. The number of carboxylic acids is 1. The highest BCUT2D eigenvalue weighted by Crippen LogP contribution is 2.07. The molecule has 0 amide bonds. The van der Waals surface area contributed by atoms with Crippen LogP contribution in [0.5, 0.6) is 0 Å². The fourth-order valence-electron chi connectivity index (χ4n) is 2.08. The Labute approximate surface area is 160 Å². The molecule has 0 aliphatic heterocycles. The van der Waals surface area contributed by atoms with Gasteiger partial charge in [-0.3, -0.25) is 0 Å². The Morgan fingerprint density at radius 2 is 1.37 bits per heavy atom. The number of aliphatic carboxylic acids is 1. The summed E-state index contributed by atoms with van der Waals surface area (Å²) >= 11 is 0. The maximum Gasteiger partial charge on any atom is 0.333 e. The van der Waals surface area contributed by atoms with Gasteiger partial charge < -0.3 is 9.84 Å². The van der Waals surface area contributed by atoms with E-state index in [0.29, 0.717) is 18.6 Å². The van der Waals surface area contributed by atoms with Gasteiger partial charge in [-0.1, -0.05) is 73.8 Å². The van der Waals surface area contributed by atoms with E-state index in [1.807, 2.05) is 60.7 Å². The minimum Gasteiger partial charge on any atom is -0.478 e. The fraction of sp³-hybridized carbons (Fsp3) is 0.217. The van der Waals surface area contributed by atoms with Crippen molar-refractivity contribution < 1.29 is 19.4 Å². The zero-order chi connectivity index (χ0) is 20.1. The van der Waals surface area contributed by atoms with Crippen molar-refractivity contribution in [1.29, 1.82) is 0 Å². The lowest BCUT2D eigenvalue weighted by atomic mass is 10.1. The van der Waals surface area contributed by atoms with Crippen molar-refractivity contribution in [3.05, 3.63) is 96.1 Å². The van der Waals surface area contributed by atoms with E-state index in [4.69, 9.17) is 9.84 Å².